The van der Waals surface area contributed by atoms with E-state index in [1.54, 1.807) is 36.4 Å². The van der Waals surface area contributed by atoms with Crippen LogP contribution in [0.1, 0.15) is 29.2 Å². The molecule has 0 saturated carbocycles. The maximum absolute atomic E-state index is 14.0. The number of hydrogen-bond donors (Lipinski definition) is 1. The van der Waals surface area contributed by atoms with Crippen molar-refractivity contribution in [2.75, 3.05) is 11.9 Å². The molecule has 0 saturated heterocycles. The minimum atomic E-state index is -0.496. The highest BCUT2D eigenvalue weighted by atomic mass is 127. The van der Waals surface area contributed by atoms with E-state index >= 15 is 0 Å². The Morgan fingerprint density at radius 1 is 1.15 bits per heavy atom. The molecule has 0 spiro atoms. The molecule has 0 heterocycles. The first kappa shape index (κ1) is 25.2. The number of amides is 1. The average Bonchev–Trinajstić information content (AvgIpc) is 2.81. The quantitative estimate of drug-likeness (QED) is 0.189. The third kappa shape index (κ3) is 6.14. The van der Waals surface area contributed by atoms with Gasteiger partial charge in [-0.05, 0) is 90.4 Å². The molecule has 34 heavy (non-hydrogen) atoms. The number of nitriles is 1. The number of ether oxygens (including phenoxy) is 2. The molecule has 7 heteroatoms. The maximum Gasteiger partial charge on any atom is 0.266 e. The number of rotatable bonds is 8. The number of nitrogens with zero attached hydrogens (tertiary/aromatic N) is 1. The molecular formula is C27H24FIN2O3. The molecule has 0 unspecified atom stereocenters. The Bertz CT molecular complexity index is 1280. The Morgan fingerprint density at radius 3 is 2.62 bits per heavy atom. The third-order valence-corrected chi connectivity index (χ3v) is 5.99. The highest BCUT2D eigenvalue weighted by molar-refractivity contribution is 14.1. The second-order valence-electron chi connectivity index (χ2n) is 7.51. The maximum atomic E-state index is 14.0. The minimum Gasteiger partial charge on any atom is -0.490 e. The average molecular weight is 570 g/mol. The van der Waals surface area contributed by atoms with Crippen molar-refractivity contribution in [2.24, 2.45) is 0 Å². The van der Waals surface area contributed by atoms with Crippen molar-refractivity contribution in [3.63, 3.8) is 0 Å². The molecule has 0 aliphatic carbocycles. The molecule has 3 aromatic carbocycles. The molecule has 174 valence electrons. The largest absolute Gasteiger partial charge is 0.490 e. The van der Waals surface area contributed by atoms with E-state index in [0.717, 1.165) is 11.1 Å². The van der Waals surface area contributed by atoms with Crippen molar-refractivity contribution in [1.82, 2.24) is 0 Å². The van der Waals surface area contributed by atoms with Crippen LogP contribution in [0.15, 0.2) is 60.2 Å². The van der Waals surface area contributed by atoms with Crippen LogP contribution in [0.3, 0.4) is 0 Å². The van der Waals surface area contributed by atoms with Gasteiger partial charge in [-0.25, -0.2) is 4.39 Å². The SMILES string of the molecule is CCOc1cc(/C=C(\C#N)C(=O)Nc2cccc(C)c2C)cc(I)c1OCc1ccccc1F. The normalized spacial score (nSPS) is 11.0. The summed E-state index contributed by atoms with van der Waals surface area (Å²) in [6.07, 6.45) is 1.51. The molecule has 1 amide bonds. The molecule has 0 aliphatic heterocycles. The predicted molar refractivity (Wildman–Crippen MR) is 139 cm³/mol. The lowest BCUT2D eigenvalue weighted by atomic mass is 10.1. The van der Waals surface area contributed by atoms with E-state index in [0.29, 0.717) is 38.5 Å². The molecule has 3 aromatic rings. The van der Waals surface area contributed by atoms with Crippen LogP contribution in [0.2, 0.25) is 0 Å². The summed E-state index contributed by atoms with van der Waals surface area (Å²) in [5.74, 6) is 0.0815. The van der Waals surface area contributed by atoms with Crippen molar-refractivity contribution >= 4 is 40.3 Å². The van der Waals surface area contributed by atoms with E-state index in [2.05, 4.69) is 27.9 Å². The monoisotopic (exact) mass is 570 g/mol. The third-order valence-electron chi connectivity index (χ3n) is 5.19. The van der Waals surface area contributed by atoms with Gasteiger partial charge in [-0.2, -0.15) is 5.26 Å². The zero-order chi connectivity index (χ0) is 24.7. The van der Waals surface area contributed by atoms with E-state index < -0.39 is 5.91 Å². The molecule has 0 aromatic heterocycles. The van der Waals surface area contributed by atoms with Gasteiger partial charge in [-0.15, -0.1) is 0 Å². The lowest BCUT2D eigenvalue weighted by Crippen LogP contribution is -2.14. The van der Waals surface area contributed by atoms with Crippen molar-refractivity contribution in [3.8, 4) is 17.6 Å². The number of nitrogens with one attached hydrogen (secondary N) is 1. The second-order valence-corrected chi connectivity index (χ2v) is 8.68. The van der Waals surface area contributed by atoms with Gasteiger partial charge in [-0.3, -0.25) is 4.79 Å². The number of carbonyl (C=O) groups excluding carboxylic acids is 1. The van der Waals surface area contributed by atoms with Gasteiger partial charge in [-0.1, -0.05) is 30.3 Å². The van der Waals surface area contributed by atoms with Gasteiger partial charge in [0.25, 0.3) is 5.91 Å². The fourth-order valence-corrected chi connectivity index (χ4v) is 4.01. The standard InChI is InChI=1S/C27H24FIN2O3/c1-4-33-25-14-19(13-23(29)26(25)34-16-20-9-5-6-10-22(20)28)12-21(15-30)27(32)31-24-11-7-8-17(2)18(24)3/h5-14H,4,16H2,1-3H3,(H,31,32)/b21-12+. The molecule has 0 bridgehead atoms. The number of halogens is 2. The van der Waals surface area contributed by atoms with E-state index in [1.165, 1.54) is 12.1 Å². The number of anilines is 1. The lowest BCUT2D eigenvalue weighted by molar-refractivity contribution is -0.112. The first-order chi connectivity index (χ1) is 16.3. The van der Waals surface area contributed by atoms with Crippen LogP contribution >= 0.6 is 22.6 Å². The van der Waals surface area contributed by atoms with Gasteiger partial charge in [0.05, 0.1) is 10.2 Å². The number of carbonyl (C=O) groups is 1. The minimum absolute atomic E-state index is 0.0413. The highest BCUT2D eigenvalue weighted by Crippen LogP contribution is 2.35. The fourth-order valence-electron chi connectivity index (χ4n) is 3.23. The first-order valence-corrected chi connectivity index (χ1v) is 11.7. The van der Waals surface area contributed by atoms with Gasteiger partial charge in [0.1, 0.15) is 24.1 Å². The summed E-state index contributed by atoms with van der Waals surface area (Å²) in [6.45, 7) is 6.14. The summed E-state index contributed by atoms with van der Waals surface area (Å²) < 4.78 is 26.3. The summed E-state index contributed by atoms with van der Waals surface area (Å²) in [5.41, 5.74) is 3.64. The Balaban J connectivity index is 1.87. The first-order valence-electron chi connectivity index (χ1n) is 10.7. The van der Waals surface area contributed by atoms with Crippen LogP contribution in [0, 0.1) is 34.6 Å². The molecule has 5 nitrogen and oxygen atoms in total. The fraction of sp³-hybridized carbons (Fsp3) is 0.185. The zero-order valence-electron chi connectivity index (χ0n) is 19.1. The number of aryl methyl sites for hydroxylation is 1. The van der Waals surface area contributed by atoms with Gasteiger partial charge in [0.2, 0.25) is 0 Å². The highest BCUT2D eigenvalue weighted by Gasteiger charge is 2.16. The predicted octanol–water partition coefficient (Wildman–Crippen LogP) is 6.57. The molecular weight excluding hydrogens is 546 g/mol. The summed E-state index contributed by atoms with van der Waals surface area (Å²) in [6, 6.07) is 17.5. The van der Waals surface area contributed by atoms with Crippen LogP contribution < -0.4 is 14.8 Å². The van der Waals surface area contributed by atoms with Gasteiger partial charge in [0.15, 0.2) is 11.5 Å². The molecule has 0 atom stereocenters. The lowest BCUT2D eigenvalue weighted by Gasteiger charge is -2.15. The molecule has 0 aliphatic rings. The topological polar surface area (TPSA) is 71.3 Å². The Kier molecular flexibility index (Phi) is 8.66. The van der Waals surface area contributed by atoms with E-state index in [1.807, 2.05) is 39.0 Å². The summed E-state index contributed by atoms with van der Waals surface area (Å²) >= 11 is 2.09. The Hall–Kier alpha value is -3.38. The summed E-state index contributed by atoms with van der Waals surface area (Å²) in [5, 5.41) is 12.4. The van der Waals surface area contributed by atoms with Crippen molar-refractivity contribution in [3.05, 3.63) is 91.8 Å². The van der Waals surface area contributed by atoms with Crippen molar-refractivity contribution < 1.29 is 18.7 Å². The van der Waals surface area contributed by atoms with Crippen LogP contribution in [0.5, 0.6) is 11.5 Å². The number of benzene rings is 3. The van der Waals surface area contributed by atoms with E-state index in [4.69, 9.17) is 9.47 Å². The molecule has 0 radical (unpaired) electrons. The molecule has 3 rings (SSSR count). The summed E-state index contributed by atoms with van der Waals surface area (Å²) in [4.78, 5) is 12.8. The van der Waals surface area contributed by atoms with Gasteiger partial charge < -0.3 is 14.8 Å². The van der Waals surface area contributed by atoms with Gasteiger partial charge >= 0.3 is 0 Å². The van der Waals surface area contributed by atoms with Crippen LogP contribution in [-0.4, -0.2) is 12.5 Å². The molecule has 1 N–H and O–H groups in total. The Labute approximate surface area is 212 Å². The van der Waals surface area contributed by atoms with Crippen LogP contribution in [-0.2, 0) is 11.4 Å². The van der Waals surface area contributed by atoms with Crippen molar-refractivity contribution in [2.45, 2.75) is 27.4 Å². The van der Waals surface area contributed by atoms with E-state index in [9.17, 15) is 14.4 Å². The van der Waals surface area contributed by atoms with E-state index in [-0.39, 0.29) is 18.0 Å². The van der Waals surface area contributed by atoms with Crippen molar-refractivity contribution in [1.29, 1.82) is 5.26 Å². The number of hydrogen-bond acceptors (Lipinski definition) is 4. The van der Waals surface area contributed by atoms with Crippen LogP contribution in [0.4, 0.5) is 10.1 Å². The van der Waals surface area contributed by atoms with Crippen LogP contribution in [0.25, 0.3) is 6.08 Å². The second kappa shape index (κ2) is 11.7. The Morgan fingerprint density at radius 2 is 1.91 bits per heavy atom. The molecule has 0 fully saturated rings. The summed E-state index contributed by atoms with van der Waals surface area (Å²) in [7, 11) is 0. The zero-order valence-corrected chi connectivity index (χ0v) is 21.3. The smallest absolute Gasteiger partial charge is 0.266 e. The van der Waals surface area contributed by atoms with Gasteiger partial charge in [0, 0.05) is 11.3 Å².